The van der Waals surface area contributed by atoms with Crippen LogP contribution < -0.4 is 10.6 Å². The van der Waals surface area contributed by atoms with Gasteiger partial charge in [-0.15, -0.1) is 0 Å². The van der Waals surface area contributed by atoms with Gasteiger partial charge < -0.3 is 10.6 Å². The lowest BCUT2D eigenvalue weighted by Gasteiger charge is -2.29. The molecular weight excluding hydrogens is 343 g/mol. The van der Waals surface area contributed by atoms with Gasteiger partial charge in [0.25, 0.3) is 0 Å². The highest BCUT2D eigenvalue weighted by Gasteiger charge is 2.23. The molecule has 2 aromatic rings. The van der Waals surface area contributed by atoms with Gasteiger partial charge in [-0.05, 0) is 54.7 Å². The SMILES string of the molecule is C[C@H](CC(C)(C)c1ccccc1)NC(=S)Nc1ccc(F)c(Cl)c1. The molecule has 0 aliphatic rings. The van der Waals surface area contributed by atoms with E-state index in [9.17, 15) is 4.39 Å². The second-order valence-corrected chi connectivity index (χ2v) is 7.40. The zero-order valence-electron chi connectivity index (χ0n) is 14.1. The van der Waals surface area contributed by atoms with Crippen LogP contribution in [0.5, 0.6) is 0 Å². The summed E-state index contributed by atoms with van der Waals surface area (Å²) in [6.45, 7) is 6.53. The molecule has 0 unspecified atom stereocenters. The topological polar surface area (TPSA) is 24.1 Å². The van der Waals surface area contributed by atoms with Gasteiger partial charge in [0.15, 0.2) is 5.11 Å². The quantitative estimate of drug-likeness (QED) is 0.683. The van der Waals surface area contributed by atoms with Crippen molar-refractivity contribution in [2.24, 2.45) is 0 Å². The first-order valence-corrected chi connectivity index (χ1v) is 8.64. The molecule has 0 saturated heterocycles. The Morgan fingerprint density at radius 3 is 2.50 bits per heavy atom. The minimum atomic E-state index is -0.445. The molecule has 0 heterocycles. The van der Waals surface area contributed by atoms with Crippen molar-refractivity contribution in [3.8, 4) is 0 Å². The van der Waals surface area contributed by atoms with Crippen LogP contribution in [0.4, 0.5) is 10.1 Å². The third kappa shape index (κ3) is 5.18. The molecule has 0 spiro atoms. The van der Waals surface area contributed by atoms with Gasteiger partial charge in [-0.1, -0.05) is 55.8 Å². The maximum absolute atomic E-state index is 13.2. The minimum absolute atomic E-state index is 0.0302. The predicted molar refractivity (Wildman–Crippen MR) is 104 cm³/mol. The summed E-state index contributed by atoms with van der Waals surface area (Å²) >= 11 is 11.1. The van der Waals surface area contributed by atoms with Crippen LogP contribution in [0, 0.1) is 5.82 Å². The normalized spacial score (nSPS) is 12.5. The Balaban J connectivity index is 1.92. The predicted octanol–water partition coefficient (Wildman–Crippen LogP) is 5.52. The molecule has 0 amide bonds. The van der Waals surface area contributed by atoms with E-state index in [0.717, 1.165) is 6.42 Å². The van der Waals surface area contributed by atoms with E-state index >= 15 is 0 Å². The number of nitrogens with one attached hydrogen (secondary N) is 2. The Bertz CT molecular complexity index is 704. The monoisotopic (exact) mass is 364 g/mol. The second-order valence-electron chi connectivity index (χ2n) is 6.58. The van der Waals surface area contributed by atoms with Crippen LogP contribution in [0.3, 0.4) is 0 Å². The van der Waals surface area contributed by atoms with Crippen LogP contribution in [0.15, 0.2) is 48.5 Å². The molecule has 1 atom stereocenters. The van der Waals surface area contributed by atoms with Crippen LogP contribution in [0.1, 0.15) is 32.8 Å². The first-order chi connectivity index (χ1) is 11.3. The molecule has 0 fully saturated rings. The molecule has 128 valence electrons. The molecule has 2 aromatic carbocycles. The molecule has 24 heavy (non-hydrogen) atoms. The highest BCUT2D eigenvalue weighted by atomic mass is 35.5. The molecule has 0 saturated carbocycles. The third-order valence-electron chi connectivity index (χ3n) is 3.93. The lowest BCUT2D eigenvalue weighted by Crippen LogP contribution is -2.39. The third-order valence-corrected chi connectivity index (χ3v) is 4.44. The van der Waals surface area contributed by atoms with Gasteiger partial charge in [-0.2, -0.15) is 0 Å². The van der Waals surface area contributed by atoms with E-state index in [1.165, 1.54) is 17.7 Å². The van der Waals surface area contributed by atoms with E-state index in [1.807, 2.05) is 6.07 Å². The van der Waals surface area contributed by atoms with Crippen LogP contribution >= 0.6 is 23.8 Å². The Hall–Kier alpha value is -1.65. The molecule has 2 rings (SSSR count). The van der Waals surface area contributed by atoms with E-state index < -0.39 is 5.82 Å². The molecular formula is C19H22ClFN2S. The van der Waals surface area contributed by atoms with Gasteiger partial charge >= 0.3 is 0 Å². The maximum Gasteiger partial charge on any atom is 0.170 e. The van der Waals surface area contributed by atoms with Crippen molar-refractivity contribution in [2.45, 2.75) is 38.6 Å². The fourth-order valence-electron chi connectivity index (χ4n) is 2.79. The second kappa shape index (κ2) is 7.95. The van der Waals surface area contributed by atoms with E-state index in [2.05, 4.69) is 55.7 Å². The lowest BCUT2D eigenvalue weighted by atomic mass is 9.79. The Kier molecular flexibility index (Phi) is 6.19. The number of rotatable bonds is 5. The molecule has 0 aromatic heterocycles. The minimum Gasteiger partial charge on any atom is -0.360 e. The lowest BCUT2D eigenvalue weighted by molar-refractivity contribution is 0.420. The summed E-state index contributed by atoms with van der Waals surface area (Å²) in [7, 11) is 0. The van der Waals surface area contributed by atoms with Crippen LogP contribution in [-0.2, 0) is 5.41 Å². The van der Waals surface area contributed by atoms with Crippen molar-refractivity contribution in [3.05, 3.63) is 64.9 Å². The van der Waals surface area contributed by atoms with Gasteiger partial charge in [0.05, 0.1) is 5.02 Å². The van der Waals surface area contributed by atoms with E-state index in [-0.39, 0.29) is 16.5 Å². The highest BCUT2D eigenvalue weighted by Crippen LogP contribution is 2.28. The number of hydrogen-bond acceptors (Lipinski definition) is 1. The van der Waals surface area contributed by atoms with Gasteiger partial charge in [0, 0.05) is 11.7 Å². The first-order valence-electron chi connectivity index (χ1n) is 7.86. The fraction of sp³-hybridized carbons (Fsp3) is 0.316. The van der Waals surface area contributed by atoms with E-state index in [4.69, 9.17) is 23.8 Å². The van der Waals surface area contributed by atoms with Crippen molar-refractivity contribution in [3.63, 3.8) is 0 Å². The molecule has 0 aliphatic carbocycles. The van der Waals surface area contributed by atoms with Gasteiger partial charge in [0.1, 0.15) is 5.82 Å². The molecule has 2 N–H and O–H groups in total. The summed E-state index contributed by atoms with van der Waals surface area (Å²) < 4.78 is 13.2. The van der Waals surface area contributed by atoms with Crippen LogP contribution in [-0.4, -0.2) is 11.2 Å². The summed E-state index contributed by atoms with van der Waals surface area (Å²) in [5, 5.41) is 6.87. The highest BCUT2D eigenvalue weighted by molar-refractivity contribution is 7.80. The van der Waals surface area contributed by atoms with Crippen molar-refractivity contribution in [2.75, 3.05) is 5.32 Å². The van der Waals surface area contributed by atoms with Crippen molar-refractivity contribution < 1.29 is 4.39 Å². The van der Waals surface area contributed by atoms with Crippen molar-refractivity contribution >= 4 is 34.6 Å². The summed E-state index contributed by atoms with van der Waals surface area (Å²) in [5.74, 6) is -0.445. The first kappa shape index (κ1) is 18.7. The Labute approximate surface area is 153 Å². The average molecular weight is 365 g/mol. The number of thiocarbonyl (C=S) groups is 1. The zero-order valence-corrected chi connectivity index (χ0v) is 15.6. The Morgan fingerprint density at radius 1 is 1.21 bits per heavy atom. The molecule has 0 radical (unpaired) electrons. The average Bonchev–Trinajstić information content (AvgIpc) is 2.51. The molecule has 0 aliphatic heterocycles. The van der Waals surface area contributed by atoms with Gasteiger partial charge in [-0.25, -0.2) is 4.39 Å². The molecule has 5 heteroatoms. The largest absolute Gasteiger partial charge is 0.360 e. The number of benzene rings is 2. The number of hydrogen-bond donors (Lipinski definition) is 2. The smallest absolute Gasteiger partial charge is 0.170 e. The summed E-state index contributed by atoms with van der Waals surface area (Å²) in [6.07, 6.45) is 0.920. The summed E-state index contributed by atoms with van der Waals surface area (Å²) in [5.41, 5.74) is 1.99. The van der Waals surface area contributed by atoms with E-state index in [1.54, 1.807) is 6.07 Å². The fourth-order valence-corrected chi connectivity index (χ4v) is 3.29. The van der Waals surface area contributed by atoms with Crippen molar-refractivity contribution in [1.82, 2.24) is 5.32 Å². The Morgan fingerprint density at radius 2 is 1.88 bits per heavy atom. The van der Waals surface area contributed by atoms with E-state index in [0.29, 0.717) is 10.8 Å². The van der Waals surface area contributed by atoms with Crippen molar-refractivity contribution in [1.29, 1.82) is 0 Å². The van der Waals surface area contributed by atoms with Crippen LogP contribution in [0.2, 0.25) is 5.02 Å². The maximum atomic E-state index is 13.2. The molecule has 0 bridgehead atoms. The zero-order chi connectivity index (χ0) is 17.7. The van der Waals surface area contributed by atoms with Crippen LogP contribution in [0.25, 0.3) is 0 Å². The standard InChI is InChI=1S/C19H22ClFN2S/c1-13(12-19(2,3)14-7-5-4-6-8-14)22-18(24)23-15-9-10-17(21)16(20)11-15/h4-11,13H,12H2,1-3H3,(H2,22,23,24)/t13-/m1/s1. The number of halogens is 2. The van der Waals surface area contributed by atoms with Gasteiger partial charge in [0.2, 0.25) is 0 Å². The number of anilines is 1. The summed E-state index contributed by atoms with van der Waals surface area (Å²) in [6, 6.07) is 15.0. The molecule has 2 nitrogen and oxygen atoms in total. The van der Waals surface area contributed by atoms with Gasteiger partial charge in [-0.3, -0.25) is 0 Å². The summed E-state index contributed by atoms with van der Waals surface area (Å²) in [4.78, 5) is 0.